The molecule has 1 aliphatic rings. The third-order valence-corrected chi connectivity index (χ3v) is 3.65. The van der Waals surface area contributed by atoms with Crippen LogP contribution in [0.1, 0.15) is 47.5 Å². The molecule has 21 heavy (non-hydrogen) atoms. The van der Waals surface area contributed by atoms with Crippen molar-refractivity contribution in [2.24, 2.45) is 5.92 Å². The van der Waals surface area contributed by atoms with Crippen LogP contribution in [-0.4, -0.2) is 52.8 Å². The minimum atomic E-state index is -0.851. The first-order valence-corrected chi connectivity index (χ1v) is 7.51. The molecular weight excluding hydrogens is 272 g/mol. The fourth-order valence-electron chi connectivity index (χ4n) is 2.25. The van der Waals surface area contributed by atoms with Gasteiger partial charge in [-0.15, -0.1) is 0 Å². The maximum atomic E-state index is 11.9. The van der Waals surface area contributed by atoms with Crippen molar-refractivity contribution in [2.45, 2.75) is 58.6 Å². The summed E-state index contributed by atoms with van der Waals surface area (Å²) in [7, 11) is 0. The van der Waals surface area contributed by atoms with Gasteiger partial charge in [0.1, 0.15) is 5.60 Å². The predicted octanol–water partition coefficient (Wildman–Crippen LogP) is 2.09. The van der Waals surface area contributed by atoms with Crippen LogP contribution in [0.2, 0.25) is 0 Å². The van der Waals surface area contributed by atoms with Crippen molar-refractivity contribution in [1.29, 1.82) is 0 Å². The first-order valence-electron chi connectivity index (χ1n) is 7.51. The number of rotatable bonds is 6. The summed E-state index contributed by atoms with van der Waals surface area (Å²) in [6, 6.07) is 0. The van der Waals surface area contributed by atoms with Crippen LogP contribution in [0.15, 0.2) is 0 Å². The van der Waals surface area contributed by atoms with Crippen LogP contribution < -0.4 is 5.32 Å². The Kier molecular flexibility index (Phi) is 5.61. The average molecular weight is 300 g/mol. The number of likely N-dealkylation sites (tertiary alicyclic amines) is 1. The van der Waals surface area contributed by atoms with E-state index in [2.05, 4.69) is 19.2 Å². The van der Waals surface area contributed by atoms with Gasteiger partial charge in [0.25, 0.3) is 0 Å². The fraction of sp³-hybridized carbons (Fsp3) is 0.867. The third-order valence-electron chi connectivity index (χ3n) is 3.65. The second-order valence-corrected chi connectivity index (χ2v) is 7.08. The van der Waals surface area contributed by atoms with Gasteiger partial charge in [-0.25, -0.2) is 4.79 Å². The van der Waals surface area contributed by atoms with E-state index in [0.29, 0.717) is 19.0 Å². The van der Waals surface area contributed by atoms with Gasteiger partial charge in [-0.3, -0.25) is 4.79 Å². The number of nitrogens with one attached hydrogen (secondary N) is 1. The monoisotopic (exact) mass is 300 g/mol. The molecule has 1 rings (SSSR count). The molecule has 0 bridgehead atoms. The van der Waals surface area contributed by atoms with E-state index in [1.165, 1.54) is 0 Å². The fourth-order valence-corrected chi connectivity index (χ4v) is 2.25. The first-order chi connectivity index (χ1) is 9.57. The zero-order valence-electron chi connectivity index (χ0n) is 13.7. The Hall–Kier alpha value is -1.30. The van der Waals surface area contributed by atoms with Crippen LogP contribution in [-0.2, 0) is 9.53 Å². The van der Waals surface area contributed by atoms with Gasteiger partial charge in [-0.2, -0.15) is 0 Å². The highest BCUT2D eigenvalue weighted by Gasteiger charge is 2.47. The van der Waals surface area contributed by atoms with Crippen molar-refractivity contribution in [2.75, 3.05) is 19.6 Å². The number of carboxylic acids is 1. The molecule has 0 aliphatic carbocycles. The van der Waals surface area contributed by atoms with E-state index in [1.807, 2.05) is 20.8 Å². The van der Waals surface area contributed by atoms with Gasteiger partial charge in [0.15, 0.2) is 0 Å². The topological polar surface area (TPSA) is 78.9 Å². The lowest BCUT2D eigenvalue weighted by Crippen LogP contribution is -2.71. The van der Waals surface area contributed by atoms with Crippen LogP contribution in [0.3, 0.4) is 0 Å². The summed E-state index contributed by atoms with van der Waals surface area (Å²) in [6.07, 6.45) is 0.670. The average Bonchev–Trinajstić information content (AvgIpc) is 2.28. The minimum Gasteiger partial charge on any atom is -0.481 e. The first kappa shape index (κ1) is 17.8. The molecule has 1 saturated heterocycles. The van der Waals surface area contributed by atoms with Crippen molar-refractivity contribution in [3.05, 3.63) is 0 Å². The molecule has 6 heteroatoms. The van der Waals surface area contributed by atoms with E-state index in [0.717, 1.165) is 13.0 Å². The van der Waals surface area contributed by atoms with Gasteiger partial charge >= 0.3 is 12.1 Å². The molecule has 1 unspecified atom stereocenters. The minimum absolute atomic E-state index is 0.0166. The second kappa shape index (κ2) is 6.64. The summed E-state index contributed by atoms with van der Waals surface area (Å²) in [5.74, 6) is -0.373. The van der Waals surface area contributed by atoms with Gasteiger partial charge in [0, 0.05) is 13.1 Å². The van der Waals surface area contributed by atoms with Gasteiger partial charge in [0.05, 0.1) is 12.0 Å². The van der Waals surface area contributed by atoms with Crippen LogP contribution in [0.5, 0.6) is 0 Å². The summed E-state index contributed by atoms with van der Waals surface area (Å²) < 4.78 is 5.30. The van der Waals surface area contributed by atoms with E-state index < -0.39 is 17.1 Å². The van der Waals surface area contributed by atoms with E-state index >= 15 is 0 Å². The number of hydrogen-bond donors (Lipinski definition) is 2. The number of carbonyl (C=O) groups excluding carboxylic acids is 1. The zero-order chi connectivity index (χ0) is 16.3. The molecule has 1 aliphatic heterocycles. The summed E-state index contributed by atoms with van der Waals surface area (Å²) in [6.45, 7) is 11.2. The third kappa shape index (κ3) is 5.53. The van der Waals surface area contributed by atoms with E-state index in [-0.39, 0.29) is 12.5 Å². The highest BCUT2D eigenvalue weighted by molar-refractivity contribution is 5.73. The number of ether oxygens (including phenoxy) is 1. The van der Waals surface area contributed by atoms with Crippen molar-refractivity contribution in [1.82, 2.24) is 10.2 Å². The number of amides is 1. The maximum absolute atomic E-state index is 11.9. The summed E-state index contributed by atoms with van der Waals surface area (Å²) in [5.41, 5.74) is -1.06. The lowest BCUT2D eigenvalue weighted by Gasteiger charge is -2.50. The molecule has 0 radical (unpaired) electrons. The normalized spacial score (nSPS) is 18.8. The molecule has 1 heterocycles. The van der Waals surface area contributed by atoms with Crippen molar-refractivity contribution in [3.63, 3.8) is 0 Å². The molecule has 0 saturated carbocycles. The molecule has 6 nitrogen and oxygen atoms in total. The van der Waals surface area contributed by atoms with Crippen molar-refractivity contribution >= 4 is 12.1 Å². The molecule has 0 aromatic carbocycles. The maximum Gasteiger partial charge on any atom is 0.410 e. The number of carboxylic acid groups (broad SMARTS) is 1. The lowest BCUT2D eigenvalue weighted by atomic mass is 9.86. The molecule has 0 aromatic heterocycles. The van der Waals surface area contributed by atoms with Crippen LogP contribution >= 0.6 is 0 Å². The Bertz CT molecular complexity index is 384. The Morgan fingerprint density at radius 2 is 1.95 bits per heavy atom. The van der Waals surface area contributed by atoms with Gasteiger partial charge in [-0.1, -0.05) is 20.3 Å². The second-order valence-electron chi connectivity index (χ2n) is 7.08. The van der Waals surface area contributed by atoms with Crippen LogP contribution in [0.4, 0.5) is 4.79 Å². The van der Waals surface area contributed by atoms with Crippen LogP contribution in [0.25, 0.3) is 0 Å². The molecule has 1 fully saturated rings. The van der Waals surface area contributed by atoms with E-state index in [9.17, 15) is 9.59 Å². The Labute approximate surface area is 126 Å². The van der Waals surface area contributed by atoms with Gasteiger partial charge in [-0.05, 0) is 33.2 Å². The van der Waals surface area contributed by atoms with E-state index in [4.69, 9.17) is 9.84 Å². The Morgan fingerprint density at radius 3 is 2.38 bits per heavy atom. The predicted molar refractivity (Wildman–Crippen MR) is 80.2 cm³/mol. The largest absolute Gasteiger partial charge is 0.481 e. The molecule has 1 amide bonds. The number of carbonyl (C=O) groups is 2. The highest BCUT2D eigenvalue weighted by Crippen LogP contribution is 2.27. The molecule has 0 aromatic rings. The van der Waals surface area contributed by atoms with Crippen LogP contribution in [0, 0.1) is 5.92 Å². The lowest BCUT2D eigenvalue weighted by molar-refractivity contribution is -0.141. The summed E-state index contributed by atoms with van der Waals surface area (Å²) in [4.78, 5) is 24.5. The molecule has 0 spiro atoms. The zero-order valence-corrected chi connectivity index (χ0v) is 13.7. The Balaban J connectivity index is 2.57. The van der Waals surface area contributed by atoms with Gasteiger partial charge in [0.2, 0.25) is 0 Å². The molecule has 1 atom stereocenters. The Morgan fingerprint density at radius 1 is 1.38 bits per heavy atom. The van der Waals surface area contributed by atoms with Crippen molar-refractivity contribution < 1.29 is 19.4 Å². The molecule has 122 valence electrons. The van der Waals surface area contributed by atoms with Crippen molar-refractivity contribution in [3.8, 4) is 0 Å². The standard InChI is InChI=1S/C15H28N2O4/c1-6-11(2)8-16-15(7-12(18)19)9-17(10-15)13(20)21-14(3,4)5/h11,16H,6-10H2,1-5H3,(H,18,19). The molecular formula is C15H28N2O4. The number of nitrogens with zero attached hydrogens (tertiary/aromatic N) is 1. The quantitative estimate of drug-likeness (QED) is 0.785. The number of hydrogen-bond acceptors (Lipinski definition) is 4. The SMILES string of the molecule is CCC(C)CNC1(CC(=O)O)CN(C(=O)OC(C)(C)C)C1. The summed E-state index contributed by atoms with van der Waals surface area (Å²) in [5, 5.41) is 12.4. The smallest absolute Gasteiger partial charge is 0.410 e. The van der Waals surface area contributed by atoms with Gasteiger partial charge < -0.3 is 20.1 Å². The summed E-state index contributed by atoms with van der Waals surface area (Å²) >= 11 is 0. The molecule has 2 N–H and O–H groups in total. The number of aliphatic carboxylic acids is 1. The van der Waals surface area contributed by atoms with E-state index in [1.54, 1.807) is 4.90 Å². The highest BCUT2D eigenvalue weighted by atomic mass is 16.6.